The van der Waals surface area contributed by atoms with Gasteiger partial charge in [-0.2, -0.15) is 5.26 Å². The summed E-state index contributed by atoms with van der Waals surface area (Å²) in [5.74, 6) is 0.0409. The van der Waals surface area contributed by atoms with Crippen LogP contribution in [0.3, 0.4) is 0 Å². The minimum absolute atomic E-state index is 0.0409. The van der Waals surface area contributed by atoms with E-state index < -0.39 is 0 Å². The Hall–Kier alpha value is -2.06. The highest BCUT2D eigenvalue weighted by atomic mass is 16.5. The highest BCUT2D eigenvalue weighted by Gasteiger charge is 2.33. The number of nitriles is 1. The van der Waals surface area contributed by atoms with E-state index in [0.29, 0.717) is 31.4 Å². The lowest BCUT2D eigenvalue weighted by atomic mass is 10.1. The van der Waals surface area contributed by atoms with Crippen LogP contribution < -0.4 is 10.2 Å². The van der Waals surface area contributed by atoms with E-state index in [4.69, 9.17) is 10.00 Å². The molecule has 1 aliphatic heterocycles. The first-order valence-electron chi connectivity index (χ1n) is 7.34. The Kier molecular flexibility index (Phi) is 3.80. The number of nitrogens with zero attached hydrogens (tertiary/aromatic N) is 2. The van der Waals surface area contributed by atoms with Gasteiger partial charge in [-0.05, 0) is 43.5 Å². The second-order valence-corrected chi connectivity index (χ2v) is 5.68. The highest BCUT2D eigenvalue weighted by molar-refractivity contribution is 5.86. The number of aryl methyl sites for hydroxylation is 1. The van der Waals surface area contributed by atoms with Crippen LogP contribution in [0.1, 0.15) is 24.0 Å². The summed E-state index contributed by atoms with van der Waals surface area (Å²) in [5, 5.41) is 12.1. The van der Waals surface area contributed by atoms with E-state index in [9.17, 15) is 4.79 Å². The second-order valence-electron chi connectivity index (χ2n) is 5.68. The fourth-order valence-corrected chi connectivity index (χ4v) is 2.61. The van der Waals surface area contributed by atoms with E-state index in [0.717, 1.165) is 24.1 Å². The molecule has 5 heteroatoms. The van der Waals surface area contributed by atoms with Crippen molar-refractivity contribution in [1.29, 1.82) is 5.26 Å². The van der Waals surface area contributed by atoms with Crippen molar-refractivity contribution in [2.75, 3.05) is 24.7 Å². The summed E-state index contributed by atoms with van der Waals surface area (Å²) in [5.41, 5.74) is 2.58. The van der Waals surface area contributed by atoms with Crippen molar-refractivity contribution < 1.29 is 9.53 Å². The quantitative estimate of drug-likeness (QED) is 0.910. The number of rotatable bonds is 3. The molecular weight excluding hydrogens is 266 g/mol. The summed E-state index contributed by atoms with van der Waals surface area (Å²) in [7, 11) is 0. The third kappa shape index (κ3) is 3.01. The second kappa shape index (κ2) is 5.74. The molecule has 0 spiro atoms. The first kappa shape index (κ1) is 13.9. The lowest BCUT2D eigenvalue weighted by Gasteiger charge is -2.36. The molecule has 1 aromatic rings. The maximum Gasteiger partial charge on any atom is 0.245 e. The zero-order valence-corrected chi connectivity index (χ0v) is 12.1. The Bertz CT molecular complexity index is 590. The van der Waals surface area contributed by atoms with E-state index in [1.165, 1.54) is 0 Å². The van der Waals surface area contributed by atoms with E-state index >= 15 is 0 Å². The number of carbonyl (C=O) groups is 1. The van der Waals surface area contributed by atoms with Crippen molar-refractivity contribution in [2.45, 2.75) is 31.8 Å². The average molecular weight is 285 g/mol. The summed E-state index contributed by atoms with van der Waals surface area (Å²) in [6.45, 7) is 3.64. The van der Waals surface area contributed by atoms with E-state index in [1.54, 1.807) is 0 Å². The van der Waals surface area contributed by atoms with Gasteiger partial charge in [-0.1, -0.05) is 0 Å². The molecule has 1 saturated heterocycles. The van der Waals surface area contributed by atoms with Gasteiger partial charge in [-0.15, -0.1) is 0 Å². The number of anilines is 1. The summed E-state index contributed by atoms with van der Waals surface area (Å²) in [6.07, 6.45) is 2.16. The minimum atomic E-state index is -0.285. The van der Waals surface area contributed by atoms with Crippen molar-refractivity contribution in [3.63, 3.8) is 0 Å². The number of carbonyl (C=O) groups excluding carboxylic acids is 1. The molecular formula is C16H19N3O2. The molecule has 0 bridgehead atoms. The zero-order chi connectivity index (χ0) is 14.8. The van der Waals surface area contributed by atoms with Gasteiger partial charge in [-0.25, -0.2) is 0 Å². The van der Waals surface area contributed by atoms with Gasteiger partial charge in [0.2, 0.25) is 5.91 Å². The normalized spacial score (nSPS) is 21.7. The maximum atomic E-state index is 12.4. The van der Waals surface area contributed by atoms with Crippen LogP contribution in [-0.4, -0.2) is 37.7 Å². The standard InChI is InChI=1S/C16H19N3O2/c1-11-8-14(5-2-12(11)9-17)19-6-7-21-10-15(19)16(20)18-13-3-4-13/h2,5,8,13,15H,3-4,6-7,10H2,1H3,(H,18,20). The molecule has 1 saturated carbocycles. The molecule has 1 unspecified atom stereocenters. The largest absolute Gasteiger partial charge is 0.377 e. The molecule has 2 fully saturated rings. The van der Waals surface area contributed by atoms with Crippen LogP contribution >= 0.6 is 0 Å². The molecule has 5 nitrogen and oxygen atoms in total. The van der Waals surface area contributed by atoms with Crippen molar-refractivity contribution in [1.82, 2.24) is 5.32 Å². The molecule has 1 aromatic carbocycles. The van der Waals surface area contributed by atoms with Crippen molar-refractivity contribution in [3.8, 4) is 6.07 Å². The highest BCUT2D eigenvalue weighted by Crippen LogP contribution is 2.24. The van der Waals surface area contributed by atoms with Crippen LogP contribution in [0.25, 0.3) is 0 Å². The van der Waals surface area contributed by atoms with Gasteiger partial charge in [0.05, 0.1) is 24.8 Å². The number of hydrogen-bond donors (Lipinski definition) is 1. The molecule has 3 rings (SSSR count). The Morgan fingerprint density at radius 3 is 2.95 bits per heavy atom. The average Bonchev–Trinajstić information content (AvgIpc) is 3.31. The predicted octanol–water partition coefficient (Wildman–Crippen LogP) is 1.35. The Morgan fingerprint density at radius 2 is 2.29 bits per heavy atom. The molecule has 110 valence electrons. The first-order valence-corrected chi connectivity index (χ1v) is 7.34. The molecule has 1 heterocycles. The van der Waals surface area contributed by atoms with Gasteiger partial charge in [0.15, 0.2) is 0 Å². The Morgan fingerprint density at radius 1 is 1.48 bits per heavy atom. The van der Waals surface area contributed by atoms with E-state index in [1.807, 2.05) is 25.1 Å². The van der Waals surface area contributed by atoms with Gasteiger partial charge in [0, 0.05) is 18.3 Å². The maximum absolute atomic E-state index is 12.4. The van der Waals surface area contributed by atoms with Crippen molar-refractivity contribution in [3.05, 3.63) is 29.3 Å². The summed E-state index contributed by atoms with van der Waals surface area (Å²) in [4.78, 5) is 14.4. The predicted molar refractivity (Wildman–Crippen MR) is 79.0 cm³/mol. The van der Waals surface area contributed by atoms with Crippen molar-refractivity contribution in [2.24, 2.45) is 0 Å². The van der Waals surface area contributed by atoms with Gasteiger partial charge < -0.3 is 15.0 Å². The number of ether oxygens (including phenoxy) is 1. The lowest BCUT2D eigenvalue weighted by Crippen LogP contribution is -2.54. The lowest BCUT2D eigenvalue weighted by molar-refractivity contribution is -0.124. The van der Waals surface area contributed by atoms with E-state index in [2.05, 4.69) is 16.3 Å². The molecule has 21 heavy (non-hydrogen) atoms. The van der Waals surface area contributed by atoms with Crippen LogP contribution in [0, 0.1) is 18.3 Å². The summed E-state index contributed by atoms with van der Waals surface area (Å²) < 4.78 is 5.48. The van der Waals surface area contributed by atoms with Gasteiger partial charge in [-0.3, -0.25) is 4.79 Å². The zero-order valence-electron chi connectivity index (χ0n) is 12.1. The fraction of sp³-hybridized carbons (Fsp3) is 0.500. The summed E-state index contributed by atoms with van der Waals surface area (Å²) in [6, 6.07) is 7.94. The van der Waals surface area contributed by atoms with Crippen molar-refractivity contribution >= 4 is 11.6 Å². The molecule has 1 atom stereocenters. The van der Waals surface area contributed by atoms with Gasteiger partial charge >= 0.3 is 0 Å². The first-order chi connectivity index (χ1) is 10.2. The summed E-state index contributed by atoms with van der Waals surface area (Å²) >= 11 is 0. The van der Waals surface area contributed by atoms with Gasteiger partial charge in [0.1, 0.15) is 6.04 Å². The topological polar surface area (TPSA) is 65.4 Å². The third-order valence-corrected chi connectivity index (χ3v) is 4.02. The number of hydrogen-bond acceptors (Lipinski definition) is 4. The number of benzene rings is 1. The number of amides is 1. The monoisotopic (exact) mass is 285 g/mol. The number of morpholine rings is 1. The van der Waals surface area contributed by atoms with Crippen LogP contribution in [-0.2, 0) is 9.53 Å². The Balaban J connectivity index is 1.81. The molecule has 0 radical (unpaired) electrons. The molecule has 0 aromatic heterocycles. The molecule has 1 aliphatic carbocycles. The SMILES string of the molecule is Cc1cc(N2CCOCC2C(=O)NC2CC2)ccc1C#N. The van der Waals surface area contributed by atoms with Crippen LogP contribution in [0.4, 0.5) is 5.69 Å². The third-order valence-electron chi connectivity index (χ3n) is 4.02. The van der Waals surface area contributed by atoms with Gasteiger partial charge in [0.25, 0.3) is 0 Å². The molecule has 1 amide bonds. The van der Waals surface area contributed by atoms with Crippen LogP contribution in [0.2, 0.25) is 0 Å². The number of nitrogens with one attached hydrogen (secondary N) is 1. The smallest absolute Gasteiger partial charge is 0.245 e. The Labute approximate surface area is 124 Å². The molecule has 1 N–H and O–H groups in total. The van der Waals surface area contributed by atoms with E-state index in [-0.39, 0.29) is 11.9 Å². The molecule has 2 aliphatic rings. The van der Waals surface area contributed by atoms with Crippen LogP contribution in [0.15, 0.2) is 18.2 Å². The van der Waals surface area contributed by atoms with Crippen LogP contribution in [0.5, 0.6) is 0 Å². The minimum Gasteiger partial charge on any atom is -0.377 e. The fourth-order valence-electron chi connectivity index (χ4n) is 2.61.